The van der Waals surface area contributed by atoms with Crippen molar-refractivity contribution in [2.45, 2.75) is 127 Å². The minimum Gasteiger partial charge on any atom is -0.340 e. The zero-order valence-corrected chi connectivity index (χ0v) is 30.6. The number of nitrogens with one attached hydrogen (secondary N) is 1. The van der Waals surface area contributed by atoms with Gasteiger partial charge in [0.2, 0.25) is 11.8 Å². The molecule has 0 bridgehead atoms. The lowest BCUT2D eigenvalue weighted by atomic mass is 9.33. The summed E-state index contributed by atoms with van der Waals surface area (Å²) in [6.45, 7) is 22.7. The molecule has 0 spiro atoms. The van der Waals surface area contributed by atoms with Gasteiger partial charge in [-0.1, -0.05) is 54.9 Å². The normalized spacial score (nSPS) is 39.5. The Kier molecular flexibility index (Phi) is 9.63. The molecule has 1 saturated heterocycles. The average Bonchev–Trinajstić information content (AvgIpc) is 3.30. The highest BCUT2D eigenvalue weighted by atomic mass is 17.1. The lowest BCUT2D eigenvalue weighted by Gasteiger charge is -2.71. The molecule has 0 aromatic rings. The van der Waals surface area contributed by atoms with E-state index in [0.29, 0.717) is 49.3 Å². The molecule has 2 amide bonds. The first kappa shape index (κ1) is 36.0. The van der Waals surface area contributed by atoms with Crippen LogP contribution in [-0.4, -0.2) is 64.9 Å². The van der Waals surface area contributed by atoms with Gasteiger partial charge in [-0.15, -0.1) is 0 Å². The minimum absolute atomic E-state index is 0.0464. The zero-order valence-electron chi connectivity index (χ0n) is 30.6. The first-order valence-corrected chi connectivity index (χ1v) is 18.3. The Balaban J connectivity index is 0.000000281. The number of carbonyl (C=O) groups is 4. The van der Waals surface area contributed by atoms with Gasteiger partial charge in [0, 0.05) is 46.4 Å². The van der Waals surface area contributed by atoms with Gasteiger partial charge in [-0.25, -0.2) is 9.80 Å². The van der Waals surface area contributed by atoms with E-state index >= 15 is 0 Å². The topological polar surface area (TPSA) is 116 Å². The maximum Gasteiger partial charge on any atom is 0.352 e. The number of carbonyl (C=O) groups excluding carboxylic acids is 4. The average molecular weight is 656 g/mol. The summed E-state index contributed by atoms with van der Waals surface area (Å²) in [5.74, 6) is 1.27. The molecule has 9 heteroatoms. The molecule has 0 aromatic heterocycles. The molecule has 1 heterocycles. The van der Waals surface area contributed by atoms with Crippen LogP contribution in [0.4, 0.5) is 0 Å². The summed E-state index contributed by atoms with van der Waals surface area (Å²) in [5, 5.41) is 11.3. The summed E-state index contributed by atoms with van der Waals surface area (Å²) in [5.41, 5.74) is 4.66. The number of amides is 2. The number of nitrogens with zero attached hydrogens (tertiary/aromatic N) is 2. The number of fused-ring (bicyclic) bond motifs is 7. The lowest BCUT2D eigenvalue weighted by Crippen LogP contribution is -2.64. The van der Waals surface area contributed by atoms with Crippen LogP contribution in [0.2, 0.25) is 0 Å². The Labute approximate surface area is 282 Å². The summed E-state index contributed by atoms with van der Waals surface area (Å²) < 4.78 is 0. The monoisotopic (exact) mass is 655 g/mol. The minimum atomic E-state index is -0.952. The van der Waals surface area contributed by atoms with Crippen LogP contribution in [0.5, 0.6) is 0 Å². The van der Waals surface area contributed by atoms with Gasteiger partial charge in [0.05, 0.1) is 0 Å². The highest BCUT2D eigenvalue weighted by molar-refractivity contribution is 6.05. The second-order valence-corrected chi connectivity index (χ2v) is 17.7. The van der Waals surface area contributed by atoms with Gasteiger partial charge in [0.25, 0.3) is 0 Å². The van der Waals surface area contributed by atoms with Crippen molar-refractivity contribution >= 4 is 23.6 Å². The highest BCUT2D eigenvalue weighted by Crippen LogP contribution is 2.76. The van der Waals surface area contributed by atoms with Crippen molar-refractivity contribution < 1.29 is 29.3 Å². The fourth-order valence-electron chi connectivity index (χ4n) is 12.4. The molecule has 0 aromatic carbocycles. The summed E-state index contributed by atoms with van der Waals surface area (Å²) in [6, 6.07) is 0. The highest BCUT2D eigenvalue weighted by Gasteiger charge is 2.70. The molecule has 4 saturated carbocycles. The van der Waals surface area contributed by atoms with Crippen molar-refractivity contribution in [1.82, 2.24) is 15.3 Å². The number of ketones is 1. The lowest BCUT2D eigenvalue weighted by molar-refractivity contribution is -0.250. The molecular formula is C38H61N3O6. The van der Waals surface area contributed by atoms with Crippen LogP contribution in [0.25, 0.3) is 0 Å². The number of Topliss-reactive ketones (excluding diaryl/α,β-unsaturated/α-hetero) is 1. The summed E-state index contributed by atoms with van der Waals surface area (Å²) in [4.78, 5) is 54.2. The number of hydrogen-bond acceptors (Lipinski definition) is 7. The maximum absolute atomic E-state index is 13.3. The van der Waals surface area contributed by atoms with Crippen molar-refractivity contribution in [3.05, 3.63) is 11.1 Å². The number of allylic oxidation sites excluding steroid dienone is 1. The molecular weight excluding hydrogens is 594 g/mol. The van der Waals surface area contributed by atoms with Gasteiger partial charge in [-0.2, -0.15) is 5.26 Å². The van der Waals surface area contributed by atoms with E-state index < -0.39 is 11.4 Å². The van der Waals surface area contributed by atoms with Gasteiger partial charge in [-0.3, -0.25) is 19.8 Å². The van der Waals surface area contributed by atoms with Crippen molar-refractivity contribution in [1.29, 1.82) is 0 Å². The van der Waals surface area contributed by atoms with Crippen LogP contribution in [0, 0.1) is 50.7 Å². The Morgan fingerprint density at radius 2 is 1.51 bits per heavy atom. The standard InChI is InChI=1S/C30H46O4.C8H15N3O2/c1-18(2)23-20(31)17-30(25(32)34-33)16-15-28(6)19(24(23)30)9-10-22-27(5)13-8-12-26(3,4)21(27)11-14-29(22,28)7;1-7(12)9-11-5-3-10(4-6-11)8(2)13/h18-19,21-22,33H,8-17H2,1-7H3;3-6H2,1-2H3,(H,9,12)/t19-,21+,22-,27+,28-,29-,30-;/m1./s1. The molecule has 0 unspecified atom stereocenters. The van der Waals surface area contributed by atoms with Crippen molar-refractivity contribution in [3.8, 4) is 0 Å². The van der Waals surface area contributed by atoms with Crippen LogP contribution in [-0.2, 0) is 24.1 Å². The van der Waals surface area contributed by atoms with E-state index in [-0.39, 0.29) is 46.7 Å². The van der Waals surface area contributed by atoms with E-state index in [1.807, 2.05) is 5.01 Å². The van der Waals surface area contributed by atoms with Gasteiger partial charge in [0.1, 0.15) is 5.41 Å². The van der Waals surface area contributed by atoms with Crippen molar-refractivity contribution in [2.24, 2.45) is 50.7 Å². The quantitative estimate of drug-likeness (QED) is 0.261. The molecule has 9 nitrogen and oxygen atoms in total. The van der Waals surface area contributed by atoms with E-state index in [9.17, 15) is 24.4 Å². The van der Waals surface area contributed by atoms with E-state index in [4.69, 9.17) is 0 Å². The Bertz CT molecular complexity index is 1320. The van der Waals surface area contributed by atoms with Crippen molar-refractivity contribution in [3.63, 3.8) is 0 Å². The summed E-state index contributed by atoms with van der Waals surface area (Å²) in [6.07, 6.45) is 10.5. The molecule has 0 radical (unpaired) electrons. The first-order valence-electron chi connectivity index (χ1n) is 18.3. The zero-order chi connectivity index (χ0) is 34.7. The Morgan fingerprint density at radius 3 is 2.09 bits per heavy atom. The molecule has 264 valence electrons. The van der Waals surface area contributed by atoms with Gasteiger partial charge in [-0.05, 0) is 108 Å². The number of hydrazine groups is 1. The largest absolute Gasteiger partial charge is 0.352 e. The molecule has 6 aliphatic rings. The third-order valence-electron chi connectivity index (χ3n) is 14.7. The predicted molar refractivity (Wildman–Crippen MR) is 180 cm³/mol. The van der Waals surface area contributed by atoms with Crippen LogP contribution >= 0.6 is 0 Å². The fraction of sp³-hybridized carbons (Fsp3) is 0.842. The van der Waals surface area contributed by atoms with E-state index in [1.54, 1.807) is 11.8 Å². The van der Waals surface area contributed by atoms with Gasteiger partial charge < -0.3 is 9.79 Å². The fourth-order valence-corrected chi connectivity index (χ4v) is 12.4. The first-order chi connectivity index (χ1) is 21.9. The second-order valence-electron chi connectivity index (χ2n) is 17.7. The van der Waals surface area contributed by atoms with Gasteiger partial charge >= 0.3 is 5.97 Å². The van der Waals surface area contributed by atoms with Crippen LogP contribution in [0.3, 0.4) is 0 Å². The van der Waals surface area contributed by atoms with Crippen LogP contribution < -0.4 is 5.43 Å². The molecule has 5 fully saturated rings. The van der Waals surface area contributed by atoms with E-state index in [1.165, 1.54) is 45.4 Å². The SMILES string of the molecule is CC(=O)NN1CCN(C(C)=O)CC1.CC(C)C1=C2[C@H]3CC[C@@H]4[C@@]5(C)CCCC(C)(C)[C@@H]5CC[C@@]4(C)[C@]3(C)CC[C@@]2(C(=O)OO)CC1=O. The maximum atomic E-state index is 13.3. The third kappa shape index (κ3) is 5.69. The van der Waals surface area contributed by atoms with E-state index in [2.05, 4.69) is 58.8 Å². The summed E-state index contributed by atoms with van der Waals surface area (Å²) >= 11 is 0. The molecule has 7 atom stereocenters. The number of piperazine rings is 1. The van der Waals surface area contributed by atoms with E-state index in [0.717, 1.165) is 29.9 Å². The van der Waals surface area contributed by atoms with Crippen molar-refractivity contribution in [2.75, 3.05) is 26.2 Å². The smallest absolute Gasteiger partial charge is 0.340 e. The van der Waals surface area contributed by atoms with Crippen LogP contribution in [0.1, 0.15) is 127 Å². The Hall–Kier alpha value is -2.26. The molecule has 1 aliphatic heterocycles. The second kappa shape index (κ2) is 12.6. The van der Waals surface area contributed by atoms with Gasteiger partial charge in [0.15, 0.2) is 5.78 Å². The predicted octanol–water partition coefficient (Wildman–Crippen LogP) is 6.58. The molecule has 6 rings (SSSR count). The number of rotatable bonds is 3. The van der Waals surface area contributed by atoms with Crippen LogP contribution in [0.15, 0.2) is 11.1 Å². The molecule has 5 aliphatic carbocycles. The number of hydrogen-bond donors (Lipinski definition) is 2. The third-order valence-corrected chi connectivity index (χ3v) is 14.7. The Morgan fingerprint density at radius 1 is 0.851 bits per heavy atom. The summed E-state index contributed by atoms with van der Waals surface area (Å²) in [7, 11) is 0. The molecule has 2 N–H and O–H groups in total. The molecule has 47 heavy (non-hydrogen) atoms.